The van der Waals surface area contributed by atoms with Crippen LogP contribution in [0, 0.1) is 0 Å². The van der Waals surface area contributed by atoms with E-state index in [9.17, 15) is 9.59 Å². The normalized spacial score (nSPS) is 10.8. The Morgan fingerprint density at radius 3 is 2.41 bits per heavy atom. The van der Waals surface area contributed by atoms with Crippen LogP contribution in [-0.4, -0.2) is 22.6 Å². The van der Waals surface area contributed by atoms with Crippen molar-refractivity contribution in [1.29, 1.82) is 0 Å². The molecule has 0 aliphatic rings. The van der Waals surface area contributed by atoms with Crippen LogP contribution in [0.3, 0.4) is 0 Å². The fourth-order valence-electron chi connectivity index (χ4n) is 2.26. The third-order valence-corrected chi connectivity index (χ3v) is 5.59. The summed E-state index contributed by atoms with van der Waals surface area (Å²) in [6, 6.07) is 19.2. The molecular formula is C20H17N3O2S2. The highest BCUT2D eigenvalue weighted by Crippen LogP contribution is 2.37. The summed E-state index contributed by atoms with van der Waals surface area (Å²) in [5, 5.41) is 3.52. The van der Waals surface area contributed by atoms with E-state index in [1.54, 1.807) is 6.08 Å². The van der Waals surface area contributed by atoms with Gasteiger partial charge in [0.1, 0.15) is 10.7 Å². The van der Waals surface area contributed by atoms with Gasteiger partial charge in [-0.25, -0.2) is 4.98 Å². The van der Waals surface area contributed by atoms with Crippen LogP contribution in [0.1, 0.15) is 5.56 Å². The van der Waals surface area contributed by atoms with E-state index in [-0.39, 0.29) is 11.7 Å². The van der Waals surface area contributed by atoms with Crippen molar-refractivity contribution in [2.75, 3.05) is 11.1 Å². The molecule has 2 amide bonds. The first-order valence-corrected chi connectivity index (χ1v) is 9.93. The summed E-state index contributed by atoms with van der Waals surface area (Å²) in [7, 11) is 0. The van der Waals surface area contributed by atoms with E-state index in [4.69, 9.17) is 5.73 Å². The van der Waals surface area contributed by atoms with Gasteiger partial charge in [0.05, 0.1) is 5.75 Å². The summed E-state index contributed by atoms with van der Waals surface area (Å²) >= 11 is 2.58. The molecule has 0 unspecified atom stereocenters. The molecule has 0 saturated carbocycles. The van der Waals surface area contributed by atoms with E-state index in [1.807, 2.05) is 60.7 Å². The van der Waals surface area contributed by atoms with Crippen molar-refractivity contribution >= 4 is 46.0 Å². The average Bonchev–Trinajstić information content (AvgIpc) is 3.09. The molecule has 5 nitrogen and oxygen atoms in total. The number of hydrogen-bond donors (Lipinski definition) is 2. The molecule has 0 atom stereocenters. The maximum Gasteiger partial charge on any atom is 0.249 e. The Hall–Kier alpha value is -2.90. The number of nitrogens with one attached hydrogen (secondary N) is 1. The van der Waals surface area contributed by atoms with Gasteiger partial charge in [-0.2, -0.15) is 0 Å². The number of carbonyl (C=O) groups excluding carboxylic acids is 2. The van der Waals surface area contributed by atoms with Crippen molar-refractivity contribution < 1.29 is 9.59 Å². The van der Waals surface area contributed by atoms with E-state index in [0.717, 1.165) is 11.1 Å². The standard InChI is InChI=1S/C20H17N3O2S2/c21-16(24)13-26-20-23-18(15-9-5-2-6-10-15)19(27-20)22-17(25)12-11-14-7-3-1-4-8-14/h1-12H,13H2,(H2,21,24)(H,22,25)/b12-11-. The van der Waals surface area contributed by atoms with Crippen molar-refractivity contribution in [2.24, 2.45) is 5.73 Å². The monoisotopic (exact) mass is 395 g/mol. The lowest BCUT2D eigenvalue weighted by molar-refractivity contribution is -0.115. The largest absolute Gasteiger partial charge is 0.369 e. The molecule has 0 radical (unpaired) electrons. The third-order valence-electron chi connectivity index (χ3n) is 3.46. The minimum Gasteiger partial charge on any atom is -0.369 e. The number of thiazole rings is 1. The Labute approximate surface area is 165 Å². The third kappa shape index (κ3) is 5.54. The quantitative estimate of drug-likeness (QED) is 0.467. The lowest BCUT2D eigenvalue weighted by atomic mass is 10.1. The highest BCUT2D eigenvalue weighted by atomic mass is 32.2. The molecule has 3 aromatic rings. The molecule has 0 aliphatic heterocycles. The fourth-order valence-corrected chi connectivity index (χ4v) is 4.07. The number of rotatable bonds is 7. The molecule has 3 rings (SSSR count). The van der Waals surface area contributed by atoms with Crippen LogP contribution >= 0.6 is 23.1 Å². The molecule has 1 aromatic heterocycles. The zero-order valence-corrected chi connectivity index (χ0v) is 15.9. The molecule has 0 fully saturated rings. The molecule has 0 aliphatic carbocycles. The van der Waals surface area contributed by atoms with E-state index < -0.39 is 5.91 Å². The van der Waals surface area contributed by atoms with Gasteiger partial charge in [0, 0.05) is 11.6 Å². The van der Waals surface area contributed by atoms with Gasteiger partial charge in [0.15, 0.2) is 4.34 Å². The highest BCUT2D eigenvalue weighted by molar-refractivity contribution is 8.01. The molecule has 1 heterocycles. The Bertz CT molecular complexity index is 954. The summed E-state index contributed by atoms with van der Waals surface area (Å²) in [5.74, 6) is -0.512. The van der Waals surface area contributed by atoms with E-state index in [2.05, 4.69) is 10.3 Å². The van der Waals surface area contributed by atoms with Gasteiger partial charge in [0.25, 0.3) is 0 Å². The minimum absolute atomic E-state index is 0.142. The van der Waals surface area contributed by atoms with Gasteiger partial charge < -0.3 is 11.1 Å². The molecule has 3 N–H and O–H groups in total. The van der Waals surface area contributed by atoms with Crippen LogP contribution in [0.25, 0.3) is 17.3 Å². The number of thioether (sulfide) groups is 1. The summed E-state index contributed by atoms with van der Waals surface area (Å²) in [6.45, 7) is 0. The molecule has 136 valence electrons. The van der Waals surface area contributed by atoms with E-state index in [0.29, 0.717) is 15.0 Å². The Morgan fingerprint density at radius 2 is 1.74 bits per heavy atom. The number of nitrogens with two attached hydrogens (primary N) is 1. The van der Waals surface area contributed by atoms with Crippen LogP contribution in [-0.2, 0) is 9.59 Å². The topological polar surface area (TPSA) is 85.1 Å². The van der Waals surface area contributed by atoms with Crippen LogP contribution < -0.4 is 11.1 Å². The summed E-state index contributed by atoms with van der Waals surface area (Å²) in [4.78, 5) is 27.9. The Morgan fingerprint density at radius 1 is 1.07 bits per heavy atom. The molecule has 27 heavy (non-hydrogen) atoms. The van der Waals surface area contributed by atoms with Crippen molar-refractivity contribution in [1.82, 2.24) is 4.98 Å². The second kappa shape index (κ2) is 9.16. The van der Waals surface area contributed by atoms with Crippen LogP contribution in [0.2, 0.25) is 0 Å². The van der Waals surface area contributed by atoms with Crippen molar-refractivity contribution in [3.63, 3.8) is 0 Å². The predicted molar refractivity (Wildman–Crippen MR) is 112 cm³/mol. The molecule has 0 bridgehead atoms. The van der Waals surface area contributed by atoms with Crippen LogP contribution in [0.5, 0.6) is 0 Å². The maximum atomic E-state index is 12.3. The van der Waals surface area contributed by atoms with Crippen molar-refractivity contribution in [3.05, 3.63) is 72.3 Å². The molecule has 0 spiro atoms. The Kier molecular flexibility index (Phi) is 6.40. The fraction of sp³-hybridized carbons (Fsp3) is 0.0500. The minimum atomic E-state index is -0.409. The summed E-state index contributed by atoms with van der Waals surface area (Å²) in [5.41, 5.74) is 7.72. The number of primary amides is 1. The van der Waals surface area contributed by atoms with Gasteiger partial charge in [0.2, 0.25) is 11.8 Å². The van der Waals surface area contributed by atoms with Crippen molar-refractivity contribution in [2.45, 2.75) is 4.34 Å². The van der Waals surface area contributed by atoms with Gasteiger partial charge in [-0.15, -0.1) is 0 Å². The SMILES string of the molecule is NC(=O)CSc1nc(-c2ccccc2)c(NC(=O)/C=C\c2ccccc2)s1. The molecule has 2 aromatic carbocycles. The lowest BCUT2D eigenvalue weighted by Gasteiger charge is -2.02. The number of amides is 2. The second-order valence-electron chi connectivity index (χ2n) is 5.51. The van der Waals surface area contributed by atoms with E-state index >= 15 is 0 Å². The zero-order valence-electron chi connectivity index (χ0n) is 14.3. The van der Waals surface area contributed by atoms with Crippen LogP contribution in [0.4, 0.5) is 5.00 Å². The maximum absolute atomic E-state index is 12.3. The first kappa shape index (κ1) is 18.9. The number of anilines is 1. The average molecular weight is 396 g/mol. The first-order chi connectivity index (χ1) is 13.1. The van der Waals surface area contributed by atoms with Crippen molar-refractivity contribution in [3.8, 4) is 11.3 Å². The number of carbonyl (C=O) groups is 2. The summed E-state index contributed by atoms with van der Waals surface area (Å²) < 4.78 is 0.676. The van der Waals surface area contributed by atoms with Crippen LogP contribution in [0.15, 0.2) is 71.1 Å². The highest BCUT2D eigenvalue weighted by Gasteiger charge is 2.15. The molecule has 0 saturated heterocycles. The van der Waals surface area contributed by atoms with Gasteiger partial charge in [-0.05, 0) is 11.6 Å². The molecular weight excluding hydrogens is 378 g/mol. The number of nitrogens with zero attached hydrogens (tertiary/aromatic N) is 1. The van der Waals surface area contributed by atoms with Gasteiger partial charge >= 0.3 is 0 Å². The Balaban J connectivity index is 1.81. The number of benzene rings is 2. The number of hydrogen-bond acceptors (Lipinski definition) is 5. The first-order valence-electron chi connectivity index (χ1n) is 8.13. The number of aromatic nitrogens is 1. The smallest absolute Gasteiger partial charge is 0.249 e. The predicted octanol–water partition coefficient (Wildman–Crippen LogP) is 4.04. The zero-order chi connectivity index (χ0) is 19.1. The van der Waals surface area contributed by atoms with E-state index in [1.165, 1.54) is 29.2 Å². The second-order valence-corrected chi connectivity index (χ2v) is 7.73. The lowest BCUT2D eigenvalue weighted by Crippen LogP contribution is -2.12. The van der Waals surface area contributed by atoms with Gasteiger partial charge in [-0.1, -0.05) is 83.8 Å². The summed E-state index contributed by atoms with van der Waals surface area (Å²) in [6.07, 6.45) is 3.24. The molecule has 7 heteroatoms. The van der Waals surface area contributed by atoms with Gasteiger partial charge in [-0.3, -0.25) is 9.59 Å².